The van der Waals surface area contributed by atoms with Crippen LogP contribution in [0.15, 0.2) is 24.3 Å². The highest BCUT2D eigenvalue weighted by atomic mass is 32.1. The Morgan fingerprint density at radius 2 is 1.78 bits per heavy atom. The van der Waals surface area contributed by atoms with E-state index >= 15 is 0 Å². The lowest BCUT2D eigenvalue weighted by atomic mass is 10.1. The molecule has 0 fully saturated rings. The first kappa shape index (κ1) is 15.4. The minimum absolute atomic E-state index is 0.148. The molecule has 0 saturated carbocycles. The number of carbonyl (C=O) groups is 3. The first-order valence-corrected chi connectivity index (χ1v) is 7.98. The van der Waals surface area contributed by atoms with Gasteiger partial charge < -0.3 is 5.32 Å². The van der Waals surface area contributed by atoms with Gasteiger partial charge in [0.2, 0.25) is 0 Å². The Bertz CT molecular complexity index is 778. The zero-order valence-corrected chi connectivity index (χ0v) is 13.6. The lowest BCUT2D eigenvalue weighted by molar-refractivity contribution is 0.0650. The van der Waals surface area contributed by atoms with Gasteiger partial charge in [-0.2, -0.15) is 0 Å². The van der Waals surface area contributed by atoms with Gasteiger partial charge >= 0.3 is 0 Å². The molecule has 0 saturated heterocycles. The van der Waals surface area contributed by atoms with E-state index in [2.05, 4.69) is 10.3 Å². The van der Waals surface area contributed by atoms with E-state index in [1.165, 1.54) is 11.3 Å². The van der Waals surface area contributed by atoms with Crippen LogP contribution < -0.4 is 5.32 Å². The molecule has 1 aromatic carbocycles. The third kappa shape index (κ3) is 2.75. The highest BCUT2D eigenvalue weighted by molar-refractivity contribution is 7.13. The maximum Gasteiger partial charge on any atom is 0.263 e. The second-order valence-corrected chi connectivity index (χ2v) is 6.41. The van der Waals surface area contributed by atoms with E-state index in [9.17, 15) is 14.4 Å². The summed E-state index contributed by atoms with van der Waals surface area (Å²) in [7, 11) is 0. The van der Waals surface area contributed by atoms with Gasteiger partial charge in [0, 0.05) is 13.1 Å². The largest absolute Gasteiger partial charge is 0.349 e. The quantitative estimate of drug-likeness (QED) is 0.867. The van der Waals surface area contributed by atoms with Crippen molar-refractivity contribution >= 4 is 29.1 Å². The van der Waals surface area contributed by atoms with Gasteiger partial charge in [-0.05, 0) is 26.0 Å². The molecule has 0 unspecified atom stereocenters. The summed E-state index contributed by atoms with van der Waals surface area (Å²) < 4.78 is 0. The number of nitrogens with zero attached hydrogens (tertiary/aromatic N) is 2. The monoisotopic (exact) mass is 329 g/mol. The SMILES string of the molecule is Cc1nc(C)c(C(=O)NCCN2C(=O)c3ccccc3C2=O)s1. The van der Waals surface area contributed by atoms with Crippen molar-refractivity contribution in [1.82, 2.24) is 15.2 Å². The molecule has 1 aromatic heterocycles. The van der Waals surface area contributed by atoms with Gasteiger partial charge in [-0.25, -0.2) is 4.98 Å². The summed E-state index contributed by atoms with van der Waals surface area (Å²) in [6.45, 7) is 3.98. The van der Waals surface area contributed by atoms with E-state index in [1.54, 1.807) is 31.2 Å². The van der Waals surface area contributed by atoms with E-state index in [1.807, 2.05) is 6.92 Å². The molecule has 1 N–H and O–H groups in total. The Morgan fingerprint density at radius 3 is 2.30 bits per heavy atom. The van der Waals surface area contributed by atoms with Gasteiger partial charge in [-0.1, -0.05) is 12.1 Å². The Kier molecular flexibility index (Phi) is 3.96. The number of fused-ring (bicyclic) bond motifs is 1. The third-order valence-corrected chi connectivity index (χ3v) is 4.68. The molecule has 0 spiro atoms. The van der Waals surface area contributed by atoms with Crippen molar-refractivity contribution in [1.29, 1.82) is 0 Å². The normalized spacial score (nSPS) is 13.4. The molecule has 3 amide bonds. The molecule has 3 rings (SSSR count). The smallest absolute Gasteiger partial charge is 0.263 e. The highest BCUT2D eigenvalue weighted by Gasteiger charge is 2.34. The Balaban J connectivity index is 1.62. The van der Waals surface area contributed by atoms with Gasteiger partial charge in [0.25, 0.3) is 17.7 Å². The van der Waals surface area contributed by atoms with E-state index in [0.717, 1.165) is 9.91 Å². The van der Waals surface area contributed by atoms with Gasteiger partial charge in [-0.15, -0.1) is 11.3 Å². The van der Waals surface area contributed by atoms with Gasteiger partial charge in [0.05, 0.1) is 21.8 Å². The molecule has 7 heteroatoms. The molecule has 1 aliphatic rings. The number of aromatic nitrogens is 1. The van der Waals surface area contributed by atoms with Crippen molar-refractivity contribution in [3.8, 4) is 0 Å². The molecule has 0 aliphatic carbocycles. The van der Waals surface area contributed by atoms with Crippen LogP contribution in [0.25, 0.3) is 0 Å². The summed E-state index contributed by atoms with van der Waals surface area (Å²) >= 11 is 1.33. The number of nitrogens with one attached hydrogen (secondary N) is 1. The molecule has 0 atom stereocenters. The van der Waals surface area contributed by atoms with E-state index in [-0.39, 0.29) is 30.8 Å². The van der Waals surface area contributed by atoms with Gasteiger partial charge in [0.1, 0.15) is 4.88 Å². The number of amides is 3. The Morgan fingerprint density at radius 1 is 1.17 bits per heavy atom. The minimum atomic E-state index is -0.315. The molecule has 1 aliphatic heterocycles. The maximum absolute atomic E-state index is 12.2. The summed E-state index contributed by atoms with van der Waals surface area (Å²) in [5.74, 6) is -0.862. The average Bonchev–Trinajstić information content (AvgIpc) is 2.99. The van der Waals surface area contributed by atoms with Crippen molar-refractivity contribution in [3.63, 3.8) is 0 Å². The van der Waals surface area contributed by atoms with Gasteiger partial charge in [-0.3, -0.25) is 19.3 Å². The van der Waals surface area contributed by atoms with Crippen LogP contribution in [0.4, 0.5) is 0 Å². The van der Waals surface area contributed by atoms with Crippen molar-refractivity contribution in [2.75, 3.05) is 13.1 Å². The second-order valence-electron chi connectivity index (χ2n) is 5.21. The van der Waals surface area contributed by atoms with E-state index in [0.29, 0.717) is 21.7 Å². The fraction of sp³-hybridized carbons (Fsp3) is 0.250. The number of aryl methyl sites for hydroxylation is 2. The molecule has 118 valence electrons. The van der Waals surface area contributed by atoms with Gasteiger partial charge in [0.15, 0.2) is 0 Å². The fourth-order valence-corrected chi connectivity index (χ4v) is 3.38. The number of rotatable bonds is 4. The molecule has 2 heterocycles. The predicted octanol–water partition coefficient (Wildman–Crippen LogP) is 1.79. The van der Waals surface area contributed by atoms with Crippen LogP contribution in [0.3, 0.4) is 0 Å². The maximum atomic E-state index is 12.2. The molecular weight excluding hydrogens is 314 g/mol. The topological polar surface area (TPSA) is 79.4 Å². The Labute approximate surface area is 137 Å². The summed E-state index contributed by atoms with van der Waals surface area (Å²) in [6, 6.07) is 6.73. The Hall–Kier alpha value is -2.54. The summed E-state index contributed by atoms with van der Waals surface area (Å²) in [6.07, 6.45) is 0. The third-order valence-electron chi connectivity index (χ3n) is 3.61. The fourth-order valence-electron chi connectivity index (χ4n) is 2.55. The summed E-state index contributed by atoms with van der Waals surface area (Å²) in [4.78, 5) is 42.4. The van der Waals surface area contributed by atoms with Crippen molar-refractivity contribution in [2.45, 2.75) is 13.8 Å². The van der Waals surface area contributed by atoms with Crippen molar-refractivity contribution < 1.29 is 14.4 Å². The van der Waals surface area contributed by atoms with Crippen LogP contribution in [0.2, 0.25) is 0 Å². The molecule has 23 heavy (non-hydrogen) atoms. The molecule has 0 radical (unpaired) electrons. The summed E-state index contributed by atoms with van der Waals surface area (Å²) in [5, 5.41) is 3.56. The molecule has 2 aromatic rings. The van der Waals surface area contributed by atoms with E-state index < -0.39 is 0 Å². The predicted molar refractivity (Wildman–Crippen MR) is 85.7 cm³/mol. The first-order valence-electron chi connectivity index (χ1n) is 7.16. The van der Waals surface area contributed by atoms with Crippen LogP contribution in [0.1, 0.15) is 41.1 Å². The molecule has 6 nitrogen and oxygen atoms in total. The minimum Gasteiger partial charge on any atom is -0.349 e. The van der Waals surface area contributed by atoms with E-state index in [4.69, 9.17) is 0 Å². The van der Waals surface area contributed by atoms with Crippen LogP contribution in [0, 0.1) is 13.8 Å². The number of hydrogen-bond donors (Lipinski definition) is 1. The standard InChI is InChI=1S/C16H15N3O3S/c1-9-13(23-10(2)18-9)14(20)17-7-8-19-15(21)11-5-3-4-6-12(11)16(19)22/h3-6H,7-8H2,1-2H3,(H,17,20). The first-order chi connectivity index (χ1) is 11.0. The number of benzene rings is 1. The molecule has 0 bridgehead atoms. The zero-order valence-electron chi connectivity index (χ0n) is 12.8. The number of hydrogen-bond acceptors (Lipinski definition) is 5. The zero-order chi connectivity index (χ0) is 16.6. The van der Waals surface area contributed by atoms with Crippen LogP contribution in [-0.4, -0.2) is 40.7 Å². The number of thiazole rings is 1. The van der Waals surface area contributed by atoms with Crippen LogP contribution in [0.5, 0.6) is 0 Å². The van der Waals surface area contributed by atoms with Crippen molar-refractivity contribution in [3.05, 3.63) is 51.0 Å². The second kappa shape index (κ2) is 5.92. The summed E-state index contributed by atoms with van der Waals surface area (Å²) in [5.41, 5.74) is 1.52. The average molecular weight is 329 g/mol. The molecular formula is C16H15N3O3S. The lowest BCUT2D eigenvalue weighted by Crippen LogP contribution is -2.38. The van der Waals surface area contributed by atoms with Crippen LogP contribution in [-0.2, 0) is 0 Å². The number of imide groups is 1. The highest BCUT2D eigenvalue weighted by Crippen LogP contribution is 2.22. The lowest BCUT2D eigenvalue weighted by Gasteiger charge is -2.14. The van der Waals surface area contributed by atoms with Crippen LogP contribution >= 0.6 is 11.3 Å². The number of carbonyl (C=O) groups excluding carboxylic acids is 3. The van der Waals surface area contributed by atoms with Crippen molar-refractivity contribution in [2.24, 2.45) is 0 Å².